The molecule has 2 bridgehead atoms. The van der Waals surface area contributed by atoms with Crippen molar-refractivity contribution in [1.82, 2.24) is 34.4 Å². The Bertz CT molecular complexity index is 2260. The quantitative estimate of drug-likeness (QED) is 0.122. The molecule has 1 saturated carbocycles. The van der Waals surface area contributed by atoms with Crippen molar-refractivity contribution in [1.29, 1.82) is 0 Å². The van der Waals surface area contributed by atoms with E-state index < -0.39 is 35.0 Å². The number of aliphatic carboxylic acids is 3. The average molecular weight is 1010 g/mol. The number of hydrogen-bond acceptors (Lipinski definition) is 15. The molecule has 3 aliphatic carbocycles. The number of carbonyl (C=O) groups excluding carboxylic acids is 4. The van der Waals surface area contributed by atoms with Crippen LogP contribution in [0, 0.1) is 5.92 Å². The minimum atomic E-state index is -1.28. The van der Waals surface area contributed by atoms with Gasteiger partial charge in [-0.15, -0.1) is 0 Å². The minimum absolute atomic E-state index is 0. The molecule has 9 rings (SSSR count). The number of fused-ring (bicyclic) bond motifs is 4. The molecule has 3 aliphatic heterocycles. The second kappa shape index (κ2) is 20.4. The first-order valence-electron chi connectivity index (χ1n) is 23.7. The Balaban J connectivity index is 0.00000592. The van der Waals surface area contributed by atoms with Crippen molar-refractivity contribution in [2.45, 2.75) is 87.5 Å². The summed E-state index contributed by atoms with van der Waals surface area (Å²) in [6.07, 6.45) is 7.61. The number of ether oxygens (including phenoxy) is 1. The van der Waals surface area contributed by atoms with Gasteiger partial charge in [0.2, 0.25) is 5.91 Å². The number of nitrogens with one attached hydrogen (secondary N) is 1. The summed E-state index contributed by atoms with van der Waals surface area (Å²) < 4.78 is 9.37. The number of unbranched alkanes of at least 4 members (excludes halogenated alkanes) is 3. The van der Waals surface area contributed by atoms with E-state index in [1.807, 2.05) is 11.0 Å². The van der Waals surface area contributed by atoms with E-state index in [2.05, 4.69) is 39.0 Å². The van der Waals surface area contributed by atoms with Gasteiger partial charge in [0.25, 0.3) is 0 Å². The Morgan fingerprint density at radius 2 is 1.35 bits per heavy atom. The number of para-hydroxylation sites is 1. The zero-order valence-corrected chi connectivity index (χ0v) is 41.1. The van der Waals surface area contributed by atoms with Crippen molar-refractivity contribution in [2.24, 2.45) is 5.92 Å². The van der Waals surface area contributed by atoms with Crippen LogP contribution in [0.4, 0.5) is 0 Å². The fraction of sp³-hybridized carbons (Fsp3) is 0.625. The minimum Gasteiger partial charge on any atom is -0.549 e. The van der Waals surface area contributed by atoms with Crippen molar-refractivity contribution >= 4 is 60.6 Å². The van der Waals surface area contributed by atoms with Crippen LogP contribution in [-0.4, -0.2) is 199 Å². The van der Waals surface area contributed by atoms with Crippen molar-refractivity contribution < 1.29 is 49.4 Å². The number of hydrogen-bond donors (Lipinski definition) is 3. The third-order valence-corrected chi connectivity index (χ3v) is 15.3. The number of aromatic nitrogens is 1. The second-order valence-corrected chi connectivity index (χ2v) is 19.4. The number of amides is 1. The molecule has 2 saturated heterocycles. The summed E-state index contributed by atoms with van der Waals surface area (Å²) >= 11 is 0. The molecule has 3 aromatic rings. The first-order valence-corrected chi connectivity index (χ1v) is 23.7. The van der Waals surface area contributed by atoms with Gasteiger partial charge < -0.3 is 54.5 Å². The van der Waals surface area contributed by atoms with Crippen LogP contribution in [0.2, 0.25) is 0 Å². The van der Waals surface area contributed by atoms with Crippen LogP contribution < -0.4 is 25.4 Å². The number of aryl methyl sites for hydroxylation is 1. The molecular weight excluding hydrogens is 949 g/mol. The molecule has 0 unspecified atom stereocenters. The second-order valence-electron chi connectivity index (χ2n) is 19.4. The molecule has 66 heavy (non-hydrogen) atoms. The third-order valence-electron chi connectivity index (χ3n) is 15.3. The fourth-order valence-corrected chi connectivity index (χ4v) is 12.0. The number of aromatic hydroxyl groups is 1. The molecule has 352 valence electrons. The SMILES string of the molecule is O=C([O-])CN1CCN(CC(=O)[O-])CCN(CC(=O)NCCCCCCn2c3c(c4ccccc42)C[C@@]2(O)[C@@H]4Cc5ccc(O)c6c5[C@@]2(CCN4CC2CC2)[C@H]3O6)CCN(CC(=O)[O-])CC1.[In+3]. The van der Waals surface area contributed by atoms with Gasteiger partial charge in [0.1, 0.15) is 0 Å². The number of carbonyl (C=O) groups is 4. The number of likely N-dealkylation sites (tertiary alicyclic amines) is 1. The largest absolute Gasteiger partial charge is 3.00 e. The average Bonchev–Trinajstić information content (AvgIpc) is 3.93. The zero-order chi connectivity index (χ0) is 45.5. The van der Waals surface area contributed by atoms with E-state index in [1.54, 1.807) is 20.8 Å². The maximum atomic E-state index is 13.3. The van der Waals surface area contributed by atoms with Crippen molar-refractivity contribution in [3.63, 3.8) is 0 Å². The number of phenolic OH excluding ortho intramolecular Hbond substituents is 1. The van der Waals surface area contributed by atoms with Crippen LogP contribution in [-0.2, 0) is 44.0 Å². The van der Waals surface area contributed by atoms with E-state index in [4.69, 9.17) is 4.74 Å². The van der Waals surface area contributed by atoms with Crippen LogP contribution in [0.3, 0.4) is 0 Å². The molecule has 18 heteroatoms. The number of benzene rings is 2. The summed E-state index contributed by atoms with van der Waals surface area (Å²) in [5, 5.41) is 63.2. The summed E-state index contributed by atoms with van der Waals surface area (Å²) in [6, 6.07) is 12.2. The van der Waals surface area contributed by atoms with Gasteiger partial charge in [-0.25, -0.2) is 0 Å². The van der Waals surface area contributed by atoms with Crippen LogP contribution in [0.25, 0.3) is 10.9 Å². The molecule has 1 amide bonds. The van der Waals surface area contributed by atoms with E-state index in [0.717, 1.165) is 85.9 Å². The predicted octanol–water partition coefficient (Wildman–Crippen LogP) is -2.19. The molecule has 4 heterocycles. The molecule has 2 aromatic carbocycles. The van der Waals surface area contributed by atoms with Gasteiger partial charge >= 0.3 is 25.8 Å². The number of aliphatic hydroxyl groups is 1. The maximum Gasteiger partial charge on any atom is 3.00 e. The summed E-state index contributed by atoms with van der Waals surface area (Å²) in [5.41, 5.74) is 3.88. The first-order chi connectivity index (χ1) is 31.3. The summed E-state index contributed by atoms with van der Waals surface area (Å²) in [4.78, 5) is 57.0. The van der Waals surface area contributed by atoms with Gasteiger partial charge in [0.05, 0.1) is 41.2 Å². The van der Waals surface area contributed by atoms with Gasteiger partial charge in [0, 0.05) is 121 Å². The summed E-state index contributed by atoms with van der Waals surface area (Å²) in [6.45, 7) is 4.29. The smallest absolute Gasteiger partial charge is 0.549 e. The predicted molar refractivity (Wildman–Crippen MR) is 238 cm³/mol. The maximum absolute atomic E-state index is 13.3. The Morgan fingerprint density at radius 3 is 1.95 bits per heavy atom. The van der Waals surface area contributed by atoms with Gasteiger partial charge in [-0.2, -0.15) is 0 Å². The van der Waals surface area contributed by atoms with E-state index >= 15 is 0 Å². The monoisotopic (exact) mass is 1010 g/mol. The van der Waals surface area contributed by atoms with Crippen molar-refractivity contribution in [3.8, 4) is 11.5 Å². The standard InChI is InChI=1S/C48H65N7O10.In/c56-37-12-11-33-25-38-48(64)26-35-34-7-3-4-8-36(34)55(44(35)46-47(48,43(33)45(37)65-46)13-16-54(38)27-32-9-10-32)15-6-2-1-5-14-49-39(57)28-50-17-19-51(29-40(58)59)21-23-53(31-42(62)63)24-22-52(20-18-50)30-41(60)61;/h3-4,7-8,11-12,32,38,46,56,64H,1-2,5-6,9-10,13-31H2,(H,49,57)(H,58,59)(H,60,61)(H,62,63);/q;+3/p-3/t38-,46-,47-,48+;/m0./s1. The van der Waals surface area contributed by atoms with Crippen LogP contribution in [0.15, 0.2) is 36.4 Å². The van der Waals surface area contributed by atoms with E-state index in [0.29, 0.717) is 37.7 Å². The number of piperidine rings is 1. The Labute approximate surface area is 404 Å². The van der Waals surface area contributed by atoms with Crippen LogP contribution in [0.5, 0.6) is 11.5 Å². The normalized spacial score (nSPS) is 26.0. The van der Waals surface area contributed by atoms with Gasteiger partial charge in [-0.1, -0.05) is 37.1 Å². The summed E-state index contributed by atoms with van der Waals surface area (Å²) in [5.74, 6) is -2.62. The molecule has 4 atom stereocenters. The van der Waals surface area contributed by atoms with E-state index in [9.17, 15) is 44.7 Å². The van der Waals surface area contributed by atoms with Crippen LogP contribution >= 0.6 is 0 Å². The summed E-state index contributed by atoms with van der Waals surface area (Å²) in [7, 11) is 0. The number of phenols is 1. The fourth-order valence-electron chi connectivity index (χ4n) is 12.0. The van der Waals surface area contributed by atoms with Gasteiger partial charge in [-0.05, 0) is 74.2 Å². The Hall–Kier alpha value is -3.91. The van der Waals surface area contributed by atoms with Crippen molar-refractivity contribution in [2.75, 3.05) is 98.2 Å². The third kappa shape index (κ3) is 9.70. The van der Waals surface area contributed by atoms with Crippen molar-refractivity contribution in [3.05, 3.63) is 58.8 Å². The molecule has 3 fully saturated rings. The van der Waals surface area contributed by atoms with Gasteiger partial charge in [-0.3, -0.25) is 29.3 Å². The number of rotatable bonds is 17. The van der Waals surface area contributed by atoms with Crippen LogP contribution in [0.1, 0.15) is 73.4 Å². The molecule has 1 aromatic heterocycles. The first kappa shape index (κ1) is 48.5. The number of carboxylic acid groups (broad SMARTS) is 3. The molecule has 6 aliphatic rings. The van der Waals surface area contributed by atoms with Gasteiger partial charge in [0.15, 0.2) is 17.6 Å². The Kier molecular flexibility index (Phi) is 15.0. The van der Waals surface area contributed by atoms with E-state index in [1.165, 1.54) is 18.4 Å². The molecule has 0 radical (unpaired) electrons. The zero-order valence-electron chi connectivity index (χ0n) is 37.8. The molecular formula is C48H62InN7O10. The molecule has 3 N–H and O–H groups in total. The number of carboxylic acids is 3. The topological polar surface area (TPSA) is 220 Å². The number of nitrogens with zero attached hydrogens (tertiary/aromatic N) is 6. The molecule has 1 spiro atoms. The Morgan fingerprint density at radius 1 is 0.758 bits per heavy atom. The van der Waals surface area contributed by atoms with E-state index in [-0.39, 0.29) is 109 Å². The molecule has 17 nitrogen and oxygen atoms in total.